The van der Waals surface area contributed by atoms with E-state index in [-0.39, 0.29) is 6.54 Å². The highest BCUT2D eigenvalue weighted by atomic mass is 32.2. The molecule has 0 radical (unpaired) electrons. The monoisotopic (exact) mass is 323 g/mol. The summed E-state index contributed by atoms with van der Waals surface area (Å²) in [5, 5.41) is 5.93. The number of benzene rings is 1. The largest absolute Gasteiger partial charge is 0.385 e. The normalized spacial score (nSPS) is 14.5. The fourth-order valence-corrected chi connectivity index (χ4v) is 4.15. The van der Waals surface area contributed by atoms with Crippen LogP contribution in [0.2, 0.25) is 0 Å². The number of hydrogen-bond donors (Lipinski definition) is 2. The fourth-order valence-electron chi connectivity index (χ4n) is 2.33. The van der Waals surface area contributed by atoms with Crippen LogP contribution in [-0.2, 0) is 23.0 Å². The van der Waals surface area contributed by atoms with Gasteiger partial charge in [-0.15, -0.1) is 11.3 Å². The Kier molecular flexibility index (Phi) is 3.97. The van der Waals surface area contributed by atoms with Gasteiger partial charge in [0.2, 0.25) is 10.0 Å². The maximum atomic E-state index is 12.3. The van der Waals surface area contributed by atoms with Gasteiger partial charge in [-0.25, -0.2) is 18.1 Å². The second-order valence-electron chi connectivity index (χ2n) is 5.06. The van der Waals surface area contributed by atoms with Crippen LogP contribution in [0.1, 0.15) is 22.7 Å². The van der Waals surface area contributed by atoms with Gasteiger partial charge < -0.3 is 5.32 Å². The SMILES string of the molecule is Cc1csc(CNS(=O)(=O)c2ccc3c(c2)NCCC3)n1. The van der Waals surface area contributed by atoms with Crippen molar-refractivity contribution in [1.29, 1.82) is 0 Å². The molecule has 0 saturated carbocycles. The first kappa shape index (κ1) is 14.5. The molecule has 0 fully saturated rings. The zero-order valence-corrected chi connectivity index (χ0v) is 13.4. The maximum Gasteiger partial charge on any atom is 0.241 e. The second kappa shape index (κ2) is 5.75. The van der Waals surface area contributed by atoms with Gasteiger partial charge in [-0.05, 0) is 37.5 Å². The minimum atomic E-state index is -3.51. The summed E-state index contributed by atoms with van der Waals surface area (Å²) in [6, 6.07) is 5.27. The number of rotatable bonds is 4. The van der Waals surface area contributed by atoms with Crippen molar-refractivity contribution in [2.75, 3.05) is 11.9 Å². The van der Waals surface area contributed by atoms with E-state index in [1.165, 1.54) is 16.9 Å². The number of aromatic nitrogens is 1. The van der Waals surface area contributed by atoms with E-state index in [9.17, 15) is 8.42 Å². The van der Waals surface area contributed by atoms with Crippen molar-refractivity contribution >= 4 is 27.0 Å². The van der Waals surface area contributed by atoms with Gasteiger partial charge in [0.1, 0.15) is 5.01 Å². The molecule has 1 aromatic heterocycles. The van der Waals surface area contributed by atoms with Gasteiger partial charge in [-0.3, -0.25) is 0 Å². The smallest absolute Gasteiger partial charge is 0.241 e. The van der Waals surface area contributed by atoms with Crippen LogP contribution in [0.15, 0.2) is 28.5 Å². The quantitative estimate of drug-likeness (QED) is 0.905. The summed E-state index contributed by atoms with van der Waals surface area (Å²) in [7, 11) is -3.51. The van der Waals surface area contributed by atoms with Gasteiger partial charge >= 0.3 is 0 Å². The number of nitrogens with zero attached hydrogens (tertiary/aromatic N) is 1. The average molecular weight is 323 g/mol. The zero-order chi connectivity index (χ0) is 14.9. The lowest BCUT2D eigenvalue weighted by atomic mass is 10.0. The number of hydrogen-bond acceptors (Lipinski definition) is 5. The third-order valence-electron chi connectivity index (χ3n) is 3.41. The van der Waals surface area contributed by atoms with Gasteiger partial charge in [0.25, 0.3) is 0 Å². The minimum absolute atomic E-state index is 0.228. The van der Waals surface area contributed by atoms with E-state index in [1.807, 2.05) is 18.4 Å². The Balaban J connectivity index is 1.78. The Morgan fingerprint density at radius 3 is 3.05 bits per heavy atom. The van der Waals surface area contributed by atoms with E-state index in [0.29, 0.717) is 4.90 Å². The van der Waals surface area contributed by atoms with Crippen LogP contribution in [0.4, 0.5) is 5.69 Å². The molecule has 3 rings (SSSR count). The number of aryl methyl sites for hydroxylation is 2. The second-order valence-corrected chi connectivity index (χ2v) is 7.77. The molecule has 0 saturated heterocycles. The molecular formula is C14H17N3O2S2. The van der Waals surface area contributed by atoms with Crippen molar-refractivity contribution in [1.82, 2.24) is 9.71 Å². The van der Waals surface area contributed by atoms with E-state index in [0.717, 1.165) is 35.8 Å². The summed E-state index contributed by atoms with van der Waals surface area (Å²) >= 11 is 1.46. The summed E-state index contributed by atoms with van der Waals surface area (Å²) in [6.07, 6.45) is 2.08. The molecule has 1 aliphatic heterocycles. The predicted octanol–water partition coefficient (Wildman–Crippen LogP) is 2.29. The maximum absolute atomic E-state index is 12.3. The van der Waals surface area contributed by atoms with Crippen molar-refractivity contribution in [3.05, 3.63) is 39.8 Å². The predicted molar refractivity (Wildman–Crippen MR) is 84.1 cm³/mol. The van der Waals surface area contributed by atoms with E-state index >= 15 is 0 Å². The van der Waals surface area contributed by atoms with E-state index < -0.39 is 10.0 Å². The van der Waals surface area contributed by atoms with Crippen LogP contribution in [0.25, 0.3) is 0 Å². The van der Waals surface area contributed by atoms with Gasteiger partial charge in [0.15, 0.2) is 0 Å². The first-order valence-electron chi connectivity index (χ1n) is 6.82. The first-order chi connectivity index (χ1) is 10.0. The number of thiazole rings is 1. The van der Waals surface area contributed by atoms with Crippen molar-refractivity contribution < 1.29 is 8.42 Å². The number of sulfonamides is 1. The molecule has 2 heterocycles. The minimum Gasteiger partial charge on any atom is -0.385 e. The van der Waals surface area contributed by atoms with Crippen LogP contribution in [0, 0.1) is 6.92 Å². The molecule has 2 aromatic rings. The highest BCUT2D eigenvalue weighted by Crippen LogP contribution is 2.25. The molecule has 0 aliphatic carbocycles. The molecule has 0 bridgehead atoms. The third kappa shape index (κ3) is 3.25. The Labute approximate surface area is 128 Å². The van der Waals surface area contributed by atoms with Crippen LogP contribution < -0.4 is 10.0 Å². The summed E-state index contributed by atoms with van der Waals surface area (Å²) in [6.45, 7) is 3.01. The average Bonchev–Trinajstić information content (AvgIpc) is 2.90. The van der Waals surface area contributed by atoms with Crippen molar-refractivity contribution in [2.45, 2.75) is 31.2 Å². The van der Waals surface area contributed by atoms with Crippen LogP contribution in [-0.4, -0.2) is 19.9 Å². The Morgan fingerprint density at radius 1 is 1.43 bits per heavy atom. The number of nitrogens with one attached hydrogen (secondary N) is 2. The van der Waals surface area contributed by atoms with Crippen LogP contribution >= 0.6 is 11.3 Å². The number of anilines is 1. The lowest BCUT2D eigenvalue weighted by molar-refractivity contribution is 0.581. The van der Waals surface area contributed by atoms with Crippen molar-refractivity contribution in [3.8, 4) is 0 Å². The van der Waals surface area contributed by atoms with E-state index in [4.69, 9.17) is 0 Å². The molecule has 112 valence electrons. The van der Waals surface area contributed by atoms with Gasteiger partial charge in [0.05, 0.1) is 11.4 Å². The lowest BCUT2D eigenvalue weighted by Crippen LogP contribution is -2.23. The van der Waals surface area contributed by atoms with E-state index in [1.54, 1.807) is 12.1 Å². The molecule has 0 atom stereocenters. The highest BCUT2D eigenvalue weighted by Gasteiger charge is 2.17. The molecule has 0 unspecified atom stereocenters. The molecule has 21 heavy (non-hydrogen) atoms. The molecule has 1 aromatic carbocycles. The summed E-state index contributed by atoms with van der Waals surface area (Å²) in [5.41, 5.74) is 3.01. The zero-order valence-electron chi connectivity index (χ0n) is 11.7. The third-order valence-corrected chi connectivity index (χ3v) is 5.78. The molecule has 7 heteroatoms. The van der Waals surface area contributed by atoms with Gasteiger partial charge in [0, 0.05) is 23.3 Å². The lowest BCUT2D eigenvalue weighted by Gasteiger charge is -2.18. The van der Waals surface area contributed by atoms with Crippen LogP contribution in [0.3, 0.4) is 0 Å². The first-order valence-corrected chi connectivity index (χ1v) is 9.18. The molecule has 5 nitrogen and oxygen atoms in total. The van der Waals surface area contributed by atoms with Crippen LogP contribution in [0.5, 0.6) is 0 Å². The summed E-state index contributed by atoms with van der Waals surface area (Å²) in [4.78, 5) is 4.55. The van der Waals surface area contributed by atoms with Crippen molar-refractivity contribution in [3.63, 3.8) is 0 Å². The van der Waals surface area contributed by atoms with E-state index in [2.05, 4.69) is 15.0 Å². The summed E-state index contributed by atoms with van der Waals surface area (Å²) < 4.78 is 27.3. The molecule has 0 spiro atoms. The standard InChI is InChI=1S/C14H17N3O2S2/c1-10-9-20-14(17-10)8-16-21(18,19)12-5-4-11-3-2-6-15-13(11)7-12/h4-5,7,9,15-16H,2-3,6,8H2,1H3. The topological polar surface area (TPSA) is 71.1 Å². The fraction of sp³-hybridized carbons (Fsp3) is 0.357. The molecule has 2 N–H and O–H groups in total. The Bertz CT molecular complexity index is 753. The molecular weight excluding hydrogens is 306 g/mol. The summed E-state index contributed by atoms with van der Waals surface area (Å²) in [5.74, 6) is 0. The van der Waals surface area contributed by atoms with Crippen molar-refractivity contribution in [2.24, 2.45) is 0 Å². The molecule has 1 aliphatic rings. The molecule has 0 amide bonds. The Morgan fingerprint density at radius 2 is 2.29 bits per heavy atom. The highest BCUT2D eigenvalue weighted by molar-refractivity contribution is 7.89. The van der Waals surface area contributed by atoms with Gasteiger partial charge in [-0.2, -0.15) is 0 Å². The van der Waals surface area contributed by atoms with Gasteiger partial charge in [-0.1, -0.05) is 6.07 Å². The number of fused-ring (bicyclic) bond motifs is 1. The Hall–Kier alpha value is -1.44.